The van der Waals surface area contributed by atoms with Crippen molar-refractivity contribution in [3.05, 3.63) is 235 Å². The van der Waals surface area contributed by atoms with Crippen molar-refractivity contribution < 1.29 is 0 Å². The number of rotatable bonds is 5. The maximum Gasteiger partial charge on any atom is 0.221 e. The quantitative estimate of drug-likeness (QED) is 0.158. The van der Waals surface area contributed by atoms with Crippen LogP contribution in [0.4, 0.5) is 5.69 Å². The molecular formula is C68H36N4S3. The first-order valence-electron chi connectivity index (χ1n) is 24.9. The van der Waals surface area contributed by atoms with Crippen LogP contribution in [0.1, 0.15) is 5.56 Å². The van der Waals surface area contributed by atoms with E-state index in [2.05, 4.69) is 221 Å². The molecule has 5 aromatic heterocycles. The van der Waals surface area contributed by atoms with Crippen LogP contribution in [0.15, 0.2) is 218 Å². The smallest absolute Gasteiger partial charge is 0.221 e. The molecule has 11 aromatic carbocycles. The molecule has 0 fully saturated rings. The molecule has 0 saturated heterocycles. The Morgan fingerprint density at radius 3 is 1.40 bits per heavy atom. The van der Waals surface area contributed by atoms with Crippen molar-refractivity contribution >= 4 is 144 Å². The van der Waals surface area contributed by atoms with Gasteiger partial charge in [0.2, 0.25) is 5.69 Å². The molecule has 0 saturated carbocycles. The summed E-state index contributed by atoms with van der Waals surface area (Å²) in [6, 6.07) is 80.7. The molecular weight excluding hydrogens is 969 g/mol. The standard InChI is InChI=1S/C68H36N4S3/c1-70-60-58(41-22-9-4-10-23-41)66(71-61-42(39-18-5-2-6-19-39)27-17-28-45(61)46-36-37-56-59(62(46)71)51-26-13-16-31-55(51)73-56)57(40-20-7-3-8-21-40)52(38-69)63(60)72-64-47(32-34-49-43-24-11-14-29-53(43)74-67(49)64)48-33-35-50-44-25-12-15-30-54(44)75-68(50)65(48)72/h2-37H. The Bertz CT molecular complexity index is 4990. The Hall–Kier alpha value is -9.34. The summed E-state index contributed by atoms with van der Waals surface area (Å²) in [5.74, 6) is 0. The van der Waals surface area contributed by atoms with Crippen LogP contribution in [-0.2, 0) is 0 Å². The predicted octanol–water partition coefficient (Wildman–Crippen LogP) is 20.4. The van der Waals surface area contributed by atoms with Gasteiger partial charge in [-0.2, -0.15) is 5.26 Å². The molecule has 7 heteroatoms. The van der Waals surface area contributed by atoms with Crippen molar-refractivity contribution in [2.75, 3.05) is 0 Å². The van der Waals surface area contributed by atoms with E-state index in [0.717, 1.165) is 108 Å². The van der Waals surface area contributed by atoms with E-state index in [1.54, 1.807) is 34.0 Å². The first kappa shape index (κ1) is 42.2. The van der Waals surface area contributed by atoms with Crippen LogP contribution in [0.5, 0.6) is 0 Å². The van der Waals surface area contributed by atoms with E-state index in [0.29, 0.717) is 16.9 Å². The number of para-hydroxylation sites is 1. The molecule has 0 atom stereocenters. The van der Waals surface area contributed by atoms with E-state index in [9.17, 15) is 11.8 Å². The summed E-state index contributed by atoms with van der Waals surface area (Å²) in [5.41, 5.74) is 11.7. The zero-order valence-corrected chi connectivity index (χ0v) is 42.2. The largest absolute Gasteiger partial charge is 0.315 e. The SMILES string of the molecule is [C-]#[N+]c1c(-c2ccccc2)c(-n2c3c(-c4ccccc4)cccc3c3ccc4sc5ccccc5c4c32)c(-c2ccccc2)c(C#N)c1-n1c2c(ccc3c4ccccc4sc32)c2ccc3c4ccccc4sc3c21. The van der Waals surface area contributed by atoms with Crippen LogP contribution < -0.4 is 0 Å². The number of nitrogens with zero attached hydrogens (tertiary/aromatic N) is 4. The summed E-state index contributed by atoms with van der Waals surface area (Å²) in [6.07, 6.45) is 0. The van der Waals surface area contributed by atoms with Crippen molar-refractivity contribution in [2.45, 2.75) is 0 Å². The second-order valence-corrected chi connectivity index (χ2v) is 22.4. The minimum absolute atomic E-state index is 0.414. The summed E-state index contributed by atoms with van der Waals surface area (Å²) in [7, 11) is 0. The number of hydrogen-bond donors (Lipinski definition) is 0. The number of aromatic nitrogens is 2. The van der Waals surface area contributed by atoms with Crippen molar-refractivity contribution in [1.82, 2.24) is 9.13 Å². The molecule has 346 valence electrons. The van der Waals surface area contributed by atoms with Crippen LogP contribution in [0.2, 0.25) is 0 Å². The summed E-state index contributed by atoms with van der Waals surface area (Å²) in [5, 5.41) is 23.9. The summed E-state index contributed by atoms with van der Waals surface area (Å²) in [6.45, 7) is 9.78. The van der Waals surface area contributed by atoms with Crippen molar-refractivity contribution in [3.8, 4) is 50.8 Å². The number of nitriles is 1. The fourth-order valence-electron chi connectivity index (χ4n) is 12.3. The lowest BCUT2D eigenvalue weighted by molar-refractivity contribution is 1.15. The number of hydrogen-bond acceptors (Lipinski definition) is 4. The molecule has 0 bridgehead atoms. The van der Waals surface area contributed by atoms with Crippen molar-refractivity contribution in [3.63, 3.8) is 0 Å². The predicted molar refractivity (Wildman–Crippen MR) is 321 cm³/mol. The van der Waals surface area contributed by atoms with Gasteiger partial charge in [-0.1, -0.05) is 194 Å². The van der Waals surface area contributed by atoms with Crippen LogP contribution in [0.25, 0.3) is 154 Å². The van der Waals surface area contributed by atoms with Crippen LogP contribution in [-0.4, -0.2) is 9.13 Å². The van der Waals surface area contributed by atoms with Gasteiger partial charge in [-0.3, -0.25) is 0 Å². The summed E-state index contributed by atoms with van der Waals surface area (Å²) >= 11 is 5.36. The van der Waals surface area contributed by atoms with Gasteiger partial charge >= 0.3 is 0 Å². The van der Waals surface area contributed by atoms with Crippen molar-refractivity contribution in [2.24, 2.45) is 0 Å². The van der Waals surface area contributed by atoms with Crippen LogP contribution in [0, 0.1) is 17.9 Å². The third-order valence-corrected chi connectivity index (χ3v) is 18.9. The van der Waals surface area contributed by atoms with Crippen LogP contribution >= 0.6 is 34.0 Å². The Morgan fingerprint density at radius 1 is 0.360 bits per heavy atom. The average Bonchev–Trinajstić information content (AvgIpc) is 4.44. The zero-order valence-electron chi connectivity index (χ0n) is 39.8. The van der Waals surface area contributed by atoms with Gasteiger partial charge in [0.1, 0.15) is 6.07 Å². The third kappa shape index (κ3) is 5.83. The van der Waals surface area contributed by atoms with Gasteiger partial charge in [0, 0.05) is 89.4 Å². The monoisotopic (exact) mass is 1000 g/mol. The van der Waals surface area contributed by atoms with E-state index in [1.807, 2.05) is 12.1 Å². The lowest BCUT2D eigenvalue weighted by atomic mass is 9.88. The van der Waals surface area contributed by atoms with E-state index >= 15 is 0 Å². The van der Waals surface area contributed by atoms with Gasteiger partial charge in [-0.15, -0.1) is 34.0 Å². The average molecular weight is 1010 g/mol. The molecule has 0 aliphatic heterocycles. The summed E-state index contributed by atoms with van der Waals surface area (Å²) < 4.78 is 11.8. The normalized spacial score (nSPS) is 12.0. The molecule has 0 N–H and O–H groups in total. The molecule has 0 aliphatic carbocycles. The third-order valence-electron chi connectivity index (χ3n) is 15.4. The van der Waals surface area contributed by atoms with Gasteiger partial charge in [0.15, 0.2) is 0 Å². The minimum Gasteiger partial charge on any atom is -0.315 e. The highest BCUT2D eigenvalue weighted by atomic mass is 32.1. The highest BCUT2D eigenvalue weighted by Gasteiger charge is 2.34. The Kier molecular flexibility index (Phi) is 9.05. The lowest BCUT2D eigenvalue weighted by Gasteiger charge is -2.26. The molecule has 0 aliphatic rings. The molecule has 0 unspecified atom stereocenters. The maximum atomic E-state index is 12.5. The van der Waals surface area contributed by atoms with E-state index in [-0.39, 0.29) is 0 Å². The second-order valence-electron chi connectivity index (χ2n) is 19.2. The van der Waals surface area contributed by atoms with E-state index in [4.69, 9.17) is 4.85 Å². The van der Waals surface area contributed by atoms with E-state index in [1.165, 1.54) is 35.0 Å². The molecule has 16 rings (SSSR count). The second kappa shape index (κ2) is 16.1. The number of benzene rings is 11. The first-order valence-corrected chi connectivity index (χ1v) is 27.4. The van der Waals surface area contributed by atoms with Gasteiger partial charge in [-0.05, 0) is 41.0 Å². The highest BCUT2D eigenvalue weighted by Crippen LogP contribution is 2.56. The molecule has 0 spiro atoms. The maximum absolute atomic E-state index is 12.5. The van der Waals surface area contributed by atoms with Crippen molar-refractivity contribution in [1.29, 1.82) is 5.26 Å². The minimum atomic E-state index is 0.414. The Labute approximate surface area is 441 Å². The fourth-order valence-corrected chi connectivity index (χ4v) is 15.9. The summed E-state index contributed by atoms with van der Waals surface area (Å²) in [4.78, 5) is 4.79. The molecule has 16 aromatic rings. The molecule has 75 heavy (non-hydrogen) atoms. The van der Waals surface area contributed by atoms with Gasteiger partial charge in [-0.25, -0.2) is 4.85 Å². The van der Waals surface area contributed by atoms with E-state index < -0.39 is 0 Å². The molecule has 0 radical (unpaired) electrons. The van der Waals surface area contributed by atoms with Gasteiger partial charge in [0.05, 0.1) is 55.0 Å². The molecule has 4 nitrogen and oxygen atoms in total. The topological polar surface area (TPSA) is 38.0 Å². The molecule has 5 heterocycles. The Balaban J connectivity index is 1.21. The zero-order chi connectivity index (χ0) is 49.5. The lowest BCUT2D eigenvalue weighted by Crippen LogP contribution is -2.09. The Morgan fingerprint density at radius 2 is 0.813 bits per heavy atom. The fraction of sp³-hybridized carbons (Fsp3) is 0. The van der Waals surface area contributed by atoms with Gasteiger partial charge in [0.25, 0.3) is 0 Å². The van der Waals surface area contributed by atoms with Gasteiger partial charge < -0.3 is 9.13 Å². The molecule has 0 amide bonds. The number of fused-ring (bicyclic) bond motifs is 18. The first-order chi connectivity index (χ1) is 37.2. The van der Waals surface area contributed by atoms with Crippen LogP contribution in [0.3, 0.4) is 0 Å². The number of thiophene rings is 3. The highest BCUT2D eigenvalue weighted by molar-refractivity contribution is 7.27.